The maximum Gasteiger partial charge on any atom is 0.261 e. The lowest BCUT2D eigenvalue weighted by molar-refractivity contribution is 0.0879. The molecule has 206 valence electrons. The molecule has 0 aliphatic carbocycles. The predicted octanol–water partition coefficient (Wildman–Crippen LogP) is 8.04. The monoisotopic (exact) mass is 576 g/mol. The molecule has 4 aromatic rings. The molecule has 4 rings (SSSR count). The van der Waals surface area contributed by atoms with Gasteiger partial charge in [0.2, 0.25) is 5.95 Å². The average Bonchev–Trinajstić information content (AvgIpc) is 3.37. The van der Waals surface area contributed by atoms with Crippen molar-refractivity contribution in [1.82, 2.24) is 9.55 Å². The van der Waals surface area contributed by atoms with Gasteiger partial charge in [0, 0.05) is 32.6 Å². The third-order valence-electron chi connectivity index (χ3n) is 6.12. The summed E-state index contributed by atoms with van der Waals surface area (Å²) in [5.41, 5.74) is 1.45. The van der Waals surface area contributed by atoms with Crippen LogP contribution >= 0.6 is 11.6 Å². The van der Waals surface area contributed by atoms with Crippen LogP contribution in [0.5, 0.6) is 5.75 Å². The smallest absolute Gasteiger partial charge is 0.261 e. The van der Waals surface area contributed by atoms with Crippen LogP contribution in [0.1, 0.15) is 15.9 Å². The molecule has 0 bridgehead atoms. The average molecular weight is 577 g/mol. The molecule has 1 N–H and O–H groups in total. The Morgan fingerprint density at radius 1 is 1.12 bits per heavy atom. The Kier molecular flexibility index (Phi) is 9.37. The first-order valence-electron chi connectivity index (χ1n) is 12.7. The summed E-state index contributed by atoms with van der Waals surface area (Å²) in [4.78, 5) is 21.8. The zero-order valence-electron chi connectivity index (χ0n) is 22.6. The molecule has 3 aromatic carbocycles. The van der Waals surface area contributed by atoms with Gasteiger partial charge in [0.15, 0.2) is 5.69 Å². The van der Waals surface area contributed by atoms with E-state index in [0.717, 1.165) is 11.6 Å². The van der Waals surface area contributed by atoms with Crippen molar-refractivity contribution >= 4 is 37.2 Å². The Morgan fingerprint density at radius 3 is 2.62 bits per heavy atom. The van der Waals surface area contributed by atoms with Crippen LogP contribution in [0.15, 0.2) is 73.1 Å². The van der Waals surface area contributed by atoms with Gasteiger partial charge in [-0.05, 0) is 29.3 Å². The number of rotatable bonds is 11. The molecule has 0 saturated heterocycles. The molecule has 1 aromatic heterocycles. The minimum Gasteiger partial charge on any atom is -0.488 e. The highest BCUT2D eigenvalue weighted by molar-refractivity contribution is 6.76. The lowest BCUT2D eigenvalue weighted by Gasteiger charge is -2.19. The van der Waals surface area contributed by atoms with E-state index in [-0.39, 0.29) is 52.4 Å². The summed E-state index contributed by atoms with van der Waals surface area (Å²) >= 11 is 6.35. The molecule has 0 fully saturated rings. The fourth-order valence-corrected chi connectivity index (χ4v) is 4.94. The number of nitrogens with one attached hydrogen (secondary N) is 1. The van der Waals surface area contributed by atoms with Crippen molar-refractivity contribution in [2.45, 2.75) is 39.0 Å². The first-order chi connectivity index (χ1) is 19.2. The van der Waals surface area contributed by atoms with E-state index in [1.54, 1.807) is 29.1 Å². The van der Waals surface area contributed by atoms with E-state index in [1.165, 1.54) is 18.2 Å². The second kappa shape index (κ2) is 12.9. The lowest BCUT2D eigenvalue weighted by Crippen LogP contribution is -2.22. The van der Waals surface area contributed by atoms with Gasteiger partial charge in [-0.2, -0.15) is 0 Å². The van der Waals surface area contributed by atoms with Gasteiger partial charge < -0.3 is 9.47 Å². The number of carbonyl (C=O) groups is 1. The Morgan fingerprint density at radius 2 is 1.90 bits per heavy atom. The summed E-state index contributed by atoms with van der Waals surface area (Å²) in [6, 6.07) is 17.8. The summed E-state index contributed by atoms with van der Waals surface area (Å²) < 4.78 is 28.1. The van der Waals surface area contributed by atoms with Gasteiger partial charge in [0.1, 0.15) is 24.9 Å². The number of amides is 1. The maximum absolute atomic E-state index is 14.5. The van der Waals surface area contributed by atoms with Crippen LogP contribution in [0.3, 0.4) is 0 Å². The van der Waals surface area contributed by atoms with Crippen molar-refractivity contribution in [3.8, 4) is 16.9 Å². The molecule has 0 saturated carbocycles. The summed E-state index contributed by atoms with van der Waals surface area (Å²) in [7, 11) is -1.25. The highest BCUT2D eigenvalue weighted by Crippen LogP contribution is 2.43. The van der Waals surface area contributed by atoms with E-state index in [1.807, 2.05) is 30.3 Å². The highest BCUT2D eigenvalue weighted by Gasteiger charge is 2.26. The predicted molar refractivity (Wildman–Crippen MR) is 158 cm³/mol. The van der Waals surface area contributed by atoms with E-state index in [4.69, 9.17) is 27.6 Å². The van der Waals surface area contributed by atoms with Crippen molar-refractivity contribution in [3.63, 3.8) is 0 Å². The Balaban J connectivity index is 1.71. The van der Waals surface area contributed by atoms with E-state index in [2.05, 4.69) is 34.8 Å². The maximum atomic E-state index is 14.5. The summed E-state index contributed by atoms with van der Waals surface area (Å²) in [5.74, 6) is -0.772. The van der Waals surface area contributed by atoms with E-state index >= 15 is 0 Å². The molecule has 10 heteroatoms. The molecule has 0 aliphatic heterocycles. The molecule has 1 amide bonds. The Labute approximate surface area is 239 Å². The highest BCUT2D eigenvalue weighted by atomic mass is 35.5. The quantitative estimate of drug-likeness (QED) is 0.111. The number of carbonyl (C=O) groups excluding carboxylic acids is 1. The number of imidazole rings is 1. The van der Waals surface area contributed by atoms with Crippen LogP contribution in [-0.2, 0) is 18.1 Å². The fraction of sp³-hybridized carbons (Fsp3) is 0.233. The van der Waals surface area contributed by atoms with Crippen LogP contribution in [-0.4, -0.2) is 30.1 Å². The number of aromatic nitrogens is 2. The zero-order valence-corrected chi connectivity index (χ0v) is 24.3. The minimum atomic E-state index is -1.25. The number of nitrogens with zero attached hydrogens (tertiary/aromatic N) is 3. The van der Waals surface area contributed by atoms with Gasteiger partial charge in [0.25, 0.3) is 5.91 Å². The third-order valence-corrected chi connectivity index (χ3v) is 8.21. The normalized spacial score (nSPS) is 11.2. The lowest BCUT2D eigenvalue weighted by atomic mass is 9.96. The first kappa shape index (κ1) is 29.0. The van der Waals surface area contributed by atoms with Gasteiger partial charge >= 0.3 is 0 Å². The molecule has 40 heavy (non-hydrogen) atoms. The van der Waals surface area contributed by atoms with Crippen LogP contribution in [0.2, 0.25) is 30.7 Å². The largest absolute Gasteiger partial charge is 0.488 e. The number of benzene rings is 3. The van der Waals surface area contributed by atoms with Crippen LogP contribution < -0.4 is 10.1 Å². The number of anilines is 1. The summed E-state index contributed by atoms with van der Waals surface area (Å²) in [6.45, 7) is 15.6. The second-order valence-electron chi connectivity index (χ2n) is 10.3. The molecule has 0 spiro atoms. The molecule has 7 nitrogen and oxygen atoms in total. The van der Waals surface area contributed by atoms with Crippen molar-refractivity contribution in [2.24, 2.45) is 0 Å². The Bertz CT molecular complexity index is 1530. The van der Waals surface area contributed by atoms with Gasteiger partial charge in [-0.25, -0.2) is 14.2 Å². The number of hydrogen-bond donors (Lipinski definition) is 1. The van der Waals surface area contributed by atoms with Crippen LogP contribution in [0, 0.1) is 12.4 Å². The van der Waals surface area contributed by atoms with Crippen molar-refractivity contribution in [3.05, 3.63) is 106 Å². The van der Waals surface area contributed by atoms with Crippen molar-refractivity contribution in [2.75, 3.05) is 11.9 Å². The molecule has 0 aliphatic rings. The standard InChI is InChI=1S/C30H30ClFN4O3Si/c1-33-24-13-14-25(39-19-21-9-6-5-7-10-21)27(26(24)22-11-8-12-23(32)28(22)31)29(37)35-30-34-15-16-36(30)20-38-17-18-40(2,3)4/h5-16H,17-20H2,2-4H3,(H,34,35,37). The molecular formula is C30H30ClFN4O3Si. The minimum absolute atomic E-state index is 0.0473. The number of ether oxygens (including phenoxy) is 2. The van der Waals surface area contributed by atoms with Gasteiger partial charge in [-0.1, -0.05) is 79.8 Å². The van der Waals surface area contributed by atoms with E-state index < -0.39 is 19.8 Å². The third kappa shape index (κ3) is 7.15. The first-order valence-corrected chi connectivity index (χ1v) is 16.8. The molecule has 0 unspecified atom stereocenters. The second-order valence-corrected chi connectivity index (χ2v) is 16.3. The van der Waals surface area contributed by atoms with E-state index in [0.29, 0.717) is 6.61 Å². The van der Waals surface area contributed by atoms with Gasteiger partial charge in [-0.3, -0.25) is 14.7 Å². The number of hydrogen-bond acceptors (Lipinski definition) is 4. The fourth-order valence-electron chi connectivity index (χ4n) is 3.96. The zero-order chi connectivity index (χ0) is 28.7. The number of halogens is 2. The molecule has 1 heterocycles. The molecule has 0 atom stereocenters. The topological polar surface area (TPSA) is 69.7 Å². The summed E-state index contributed by atoms with van der Waals surface area (Å²) in [5, 5.41) is 2.62. The van der Waals surface area contributed by atoms with E-state index in [9.17, 15) is 9.18 Å². The van der Waals surface area contributed by atoms with Gasteiger partial charge in [-0.15, -0.1) is 0 Å². The van der Waals surface area contributed by atoms with Crippen molar-refractivity contribution < 1.29 is 18.7 Å². The van der Waals surface area contributed by atoms with Gasteiger partial charge in [0.05, 0.1) is 17.2 Å². The summed E-state index contributed by atoms with van der Waals surface area (Å²) in [6.07, 6.45) is 3.26. The van der Waals surface area contributed by atoms with Crippen LogP contribution in [0.4, 0.5) is 16.0 Å². The Hall–Kier alpha value is -3.97. The van der Waals surface area contributed by atoms with Crippen molar-refractivity contribution in [1.29, 1.82) is 0 Å². The van der Waals surface area contributed by atoms with Crippen LogP contribution in [0.25, 0.3) is 16.0 Å². The molecule has 0 radical (unpaired) electrons. The SMILES string of the molecule is [C-]#[N+]c1ccc(OCc2ccccc2)c(C(=O)Nc2nccn2COCC[Si](C)(C)C)c1-c1cccc(F)c1Cl. The molecular weight excluding hydrogens is 547 g/mol.